The summed E-state index contributed by atoms with van der Waals surface area (Å²) < 4.78 is 64.8. The predicted molar refractivity (Wildman–Crippen MR) is 124 cm³/mol. The molecule has 4 aromatic rings. The molecular weight excluding hydrogens is 480 g/mol. The third kappa shape index (κ3) is 5.87. The van der Waals surface area contributed by atoms with E-state index in [0.717, 1.165) is 12.1 Å². The van der Waals surface area contributed by atoms with E-state index in [1.807, 2.05) is 0 Å². The molecule has 3 aromatic carbocycles. The SMILES string of the molecule is COCCOc1nc(-c2cccc(C(F)(F)F)c2)n(-c2cccc(NC(=O)c3ccc(F)cc3)c2)n1. The summed E-state index contributed by atoms with van der Waals surface area (Å²) in [6, 6.07) is 16.2. The second kappa shape index (κ2) is 10.6. The lowest BCUT2D eigenvalue weighted by Crippen LogP contribution is -2.12. The van der Waals surface area contributed by atoms with Crippen molar-refractivity contribution in [1.29, 1.82) is 0 Å². The standard InChI is InChI=1S/C25H20F4N4O3/c1-35-12-13-36-24-31-22(17-4-2-5-18(14-17)25(27,28)29)33(32-24)21-7-3-6-20(15-21)30-23(34)16-8-10-19(26)11-9-16/h2-11,14-15H,12-13H2,1H3,(H,30,34). The Morgan fingerprint density at radius 1 is 1.00 bits per heavy atom. The average Bonchev–Trinajstić information content (AvgIpc) is 3.29. The van der Waals surface area contributed by atoms with Gasteiger partial charge in [-0.15, -0.1) is 5.10 Å². The van der Waals surface area contributed by atoms with Crippen molar-refractivity contribution in [2.45, 2.75) is 6.18 Å². The molecule has 0 saturated heterocycles. The molecule has 11 heteroatoms. The molecule has 0 aliphatic carbocycles. The van der Waals surface area contributed by atoms with Crippen LogP contribution >= 0.6 is 0 Å². The molecule has 1 heterocycles. The van der Waals surface area contributed by atoms with Crippen molar-refractivity contribution in [3.8, 4) is 23.1 Å². The summed E-state index contributed by atoms with van der Waals surface area (Å²) in [4.78, 5) is 16.8. The molecule has 0 fully saturated rings. The number of carbonyl (C=O) groups excluding carboxylic acids is 1. The molecule has 0 unspecified atom stereocenters. The van der Waals surface area contributed by atoms with Crippen molar-refractivity contribution in [3.05, 3.63) is 89.7 Å². The van der Waals surface area contributed by atoms with Gasteiger partial charge in [-0.05, 0) is 54.6 Å². The maximum Gasteiger partial charge on any atom is 0.416 e. The molecule has 4 rings (SSSR count). The summed E-state index contributed by atoms with van der Waals surface area (Å²) in [5.41, 5.74) is 0.375. The molecule has 186 valence electrons. The molecule has 1 aromatic heterocycles. The smallest absolute Gasteiger partial charge is 0.416 e. The van der Waals surface area contributed by atoms with Gasteiger partial charge in [-0.1, -0.05) is 18.2 Å². The number of anilines is 1. The third-order valence-electron chi connectivity index (χ3n) is 5.01. The fourth-order valence-electron chi connectivity index (χ4n) is 3.29. The van der Waals surface area contributed by atoms with E-state index in [4.69, 9.17) is 9.47 Å². The maximum atomic E-state index is 13.3. The molecule has 1 N–H and O–H groups in total. The van der Waals surface area contributed by atoms with Crippen molar-refractivity contribution in [2.24, 2.45) is 0 Å². The number of hydrogen-bond donors (Lipinski definition) is 1. The molecule has 7 nitrogen and oxygen atoms in total. The lowest BCUT2D eigenvalue weighted by Gasteiger charge is -2.11. The van der Waals surface area contributed by atoms with Gasteiger partial charge >= 0.3 is 12.2 Å². The van der Waals surface area contributed by atoms with E-state index in [9.17, 15) is 22.4 Å². The van der Waals surface area contributed by atoms with Crippen LogP contribution in [0.2, 0.25) is 0 Å². The predicted octanol–water partition coefficient (Wildman–Crippen LogP) is 5.37. The van der Waals surface area contributed by atoms with Gasteiger partial charge in [-0.3, -0.25) is 4.79 Å². The zero-order valence-corrected chi connectivity index (χ0v) is 18.9. The Hall–Kier alpha value is -4.25. The first kappa shape index (κ1) is 24.9. The third-order valence-corrected chi connectivity index (χ3v) is 5.01. The van der Waals surface area contributed by atoms with Crippen LogP contribution in [0.5, 0.6) is 6.01 Å². The van der Waals surface area contributed by atoms with E-state index >= 15 is 0 Å². The summed E-state index contributed by atoms with van der Waals surface area (Å²) in [5, 5.41) is 7.01. The number of halogens is 4. The highest BCUT2D eigenvalue weighted by Crippen LogP contribution is 2.33. The van der Waals surface area contributed by atoms with Gasteiger partial charge in [0.2, 0.25) is 0 Å². The fraction of sp³-hybridized carbons (Fsp3) is 0.160. The number of carbonyl (C=O) groups is 1. The molecule has 0 saturated carbocycles. The van der Waals surface area contributed by atoms with Crippen LogP contribution in [0.4, 0.5) is 23.2 Å². The van der Waals surface area contributed by atoms with E-state index in [-0.39, 0.29) is 36.2 Å². The van der Waals surface area contributed by atoms with Gasteiger partial charge in [0.05, 0.1) is 17.9 Å². The molecule has 1 amide bonds. The highest BCUT2D eigenvalue weighted by molar-refractivity contribution is 6.04. The first-order valence-electron chi connectivity index (χ1n) is 10.7. The Kier molecular flexibility index (Phi) is 7.30. The molecule has 0 aliphatic heterocycles. The van der Waals surface area contributed by atoms with Crippen LogP contribution in [0.1, 0.15) is 15.9 Å². The monoisotopic (exact) mass is 500 g/mol. The van der Waals surface area contributed by atoms with Crippen molar-refractivity contribution in [1.82, 2.24) is 14.8 Å². The zero-order valence-electron chi connectivity index (χ0n) is 18.9. The molecule has 0 radical (unpaired) electrons. The number of rotatable bonds is 8. The van der Waals surface area contributed by atoms with E-state index < -0.39 is 23.5 Å². The molecular formula is C25H20F4N4O3. The van der Waals surface area contributed by atoms with Gasteiger partial charge in [0.1, 0.15) is 12.4 Å². The Labute approximate surface area is 203 Å². The van der Waals surface area contributed by atoms with Gasteiger partial charge in [0.15, 0.2) is 5.82 Å². The minimum absolute atomic E-state index is 0.0554. The highest BCUT2D eigenvalue weighted by atomic mass is 19.4. The van der Waals surface area contributed by atoms with E-state index in [0.29, 0.717) is 11.4 Å². The van der Waals surface area contributed by atoms with E-state index in [1.165, 1.54) is 48.2 Å². The Bertz CT molecular complexity index is 1350. The number of benzene rings is 3. The largest absolute Gasteiger partial charge is 0.460 e. The van der Waals surface area contributed by atoms with Crippen LogP contribution in [0.25, 0.3) is 17.1 Å². The topological polar surface area (TPSA) is 78.3 Å². The summed E-state index contributed by atoms with van der Waals surface area (Å²) in [6.45, 7) is 0.397. The molecule has 36 heavy (non-hydrogen) atoms. The Morgan fingerprint density at radius 2 is 1.75 bits per heavy atom. The normalized spacial score (nSPS) is 11.4. The highest BCUT2D eigenvalue weighted by Gasteiger charge is 2.31. The number of amides is 1. The number of aromatic nitrogens is 3. The lowest BCUT2D eigenvalue weighted by atomic mass is 10.1. The second-order valence-corrected chi connectivity index (χ2v) is 7.56. The summed E-state index contributed by atoms with van der Waals surface area (Å²) in [6.07, 6.45) is -4.54. The second-order valence-electron chi connectivity index (χ2n) is 7.56. The van der Waals surface area contributed by atoms with Crippen molar-refractivity contribution in [3.63, 3.8) is 0 Å². The molecule has 0 spiro atoms. The number of nitrogens with one attached hydrogen (secondary N) is 1. The van der Waals surface area contributed by atoms with E-state index in [2.05, 4.69) is 15.4 Å². The van der Waals surface area contributed by atoms with Gasteiger partial charge < -0.3 is 14.8 Å². The molecule has 0 bridgehead atoms. The van der Waals surface area contributed by atoms with Crippen LogP contribution < -0.4 is 10.1 Å². The average molecular weight is 500 g/mol. The quantitative estimate of drug-likeness (QED) is 0.260. The maximum absolute atomic E-state index is 13.3. The number of methoxy groups -OCH3 is 1. The lowest BCUT2D eigenvalue weighted by molar-refractivity contribution is -0.137. The van der Waals surface area contributed by atoms with Crippen LogP contribution in [0.3, 0.4) is 0 Å². The first-order valence-corrected chi connectivity index (χ1v) is 10.7. The number of alkyl halides is 3. The summed E-state index contributed by atoms with van der Waals surface area (Å²) in [5.74, 6) is -0.826. The van der Waals surface area contributed by atoms with Crippen LogP contribution in [-0.4, -0.2) is 41.0 Å². The minimum Gasteiger partial charge on any atom is -0.460 e. The van der Waals surface area contributed by atoms with Gasteiger partial charge in [-0.2, -0.15) is 18.2 Å². The minimum atomic E-state index is -4.54. The van der Waals surface area contributed by atoms with Gasteiger partial charge in [0.25, 0.3) is 5.91 Å². The number of nitrogens with zero attached hydrogens (tertiary/aromatic N) is 3. The van der Waals surface area contributed by atoms with Crippen LogP contribution in [0.15, 0.2) is 72.8 Å². The number of ether oxygens (including phenoxy) is 2. The number of hydrogen-bond acceptors (Lipinski definition) is 5. The van der Waals surface area contributed by atoms with E-state index in [1.54, 1.807) is 24.3 Å². The van der Waals surface area contributed by atoms with Crippen molar-refractivity contribution in [2.75, 3.05) is 25.6 Å². The van der Waals surface area contributed by atoms with Crippen molar-refractivity contribution < 1.29 is 31.8 Å². The van der Waals surface area contributed by atoms with Gasteiger partial charge in [0, 0.05) is 23.9 Å². The van der Waals surface area contributed by atoms with Crippen LogP contribution in [-0.2, 0) is 10.9 Å². The van der Waals surface area contributed by atoms with Gasteiger partial charge in [-0.25, -0.2) is 9.07 Å². The first-order chi connectivity index (χ1) is 17.2. The fourth-order valence-corrected chi connectivity index (χ4v) is 3.29. The van der Waals surface area contributed by atoms with Crippen LogP contribution in [0, 0.1) is 5.82 Å². The van der Waals surface area contributed by atoms with Crippen molar-refractivity contribution >= 4 is 11.6 Å². The summed E-state index contributed by atoms with van der Waals surface area (Å²) >= 11 is 0. The molecule has 0 atom stereocenters. The Balaban J connectivity index is 1.69. The summed E-state index contributed by atoms with van der Waals surface area (Å²) in [7, 11) is 1.50. The Morgan fingerprint density at radius 3 is 2.47 bits per heavy atom. The molecule has 0 aliphatic rings. The zero-order chi connectivity index (χ0) is 25.7.